The van der Waals surface area contributed by atoms with E-state index >= 15 is 0 Å². The topological polar surface area (TPSA) is 97.0 Å². The van der Waals surface area contributed by atoms with Crippen molar-refractivity contribution in [2.45, 2.75) is 25.4 Å². The van der Waals surface area contributed by atoms with Crippen LogP contribution >= 0.6 is 0 Å². The Morgan fingerprint density at radius 1 is 0.973 bits per heavy atom. The lowest BCUT2D eigenvalue weighted by Gasteiger charge is -2.22. The molecule has 1 aliphatic rings. The maximum Gasteiger partial charge on any atom is 0.341 e. The Kier molecular flexibility index (Phi) is 8.75. The van der Waals surface area contributed by atoms with Gasteiger partial charge in [-0.2, -0.15) is 0 Å². The molecule has 0 unspecified atom stereocenters. The van der Waals surface area contributed by atoms with Crippen LogP contribution in [0.1, 0.15) is 46.9 Å². The van der Waals surface area contributed by atoms with Crippen molar-refractivity contribution in [3.05, 3.63) is 95.6 Å². The first-order chi connectivity index (χ1) is 18.0. The quantitative estimate of drug-likeness (QED) is 0.308. The minimum Gasteiger partial charge on any atom is -0.480 e. The van der Waals surface area contributed by atoms with Crippen LogP contribution in [0.3, 0.4) is 0 Å². The number of likely N-dealkylation sites (tertiary alicyclic amines) is 1. The molecule has 3 aromatic carbocycles. The van der Waals surface area contributed by atoms with E-state index in [1.807, 2.05) is 65.6 Å². The third-order valence-electron chi connectivity index (χ3n) is 6.15. The third-order valence-corrected chi connectivity index (χ3v) is 6.15. The van der Waals surface area contributed by atoms with Crippen LogP contribution in [0, 0.1) is 0 Å². The number of nitrogens with zero attached hydrogens (tertiary/aromatic N) is 1. The molecule has 0 bridgehead atoms. The van der Waals surface area contributed by atoms with E-state index in [0.29, 0.717) is 37.4 Å². The molecule has 8 nitrogen and oxygen atoms in total. The van der Waals surface area contributed by atoms with E-state index in [2.05, 4.69) is 10.6 Å². The fourth-order valence-corrected chi connectivity index (χ4v) is 4.28. The lowest BCUT2D eigenvalue weighted by atomic mass is 10.0. The molecule has 1 saturated heterocycles. The number of carbonyl (C=O) groups is 3. The van der Waals surface area contributed by atoms with Gasteiger partial charge in [-0.3, -0.25) is 4.79 Å². The number of hydrogen-bond donors (Lipinski definition) is 2. The van der Waals surface area contributed by atoms with Gasteiger partial charge in [0.25, 0.3) is 0 Å². The van der Waals surface area contributed by atoms with Crippen molar-refractivity contribution in [2.24, 2.45) is 0 Å². The zero-order valence-electron chi connectivity index (χ0n) is 20.8. The monoisotopic (exact) mass is 501 g/mol. The van der Waals surface area contributed by atoms with E-state index in [1.165, 1.54) is 13.2 Å². The minimum atomic E-state index is -0.575. The van der Waals surface area contributed by atoms with E-state index in [0.717, 1.165) is 24.1 Å². The van der Waals surface area contributed by atoms with Crippen molar-refractivity contribution in [2.75, 3.05) is 32.1 Å². The molecular formula is C29H31N3O5. The molecule has 37 heavy (non-hydrogen) atoms. The Balaban J connectivity index is 1.45. The first kappa shape index (κ1) is 25.8. The molecule has 0 saturated carbocycles. The van der Waals surface area contributed by atoms with Gasteiger partial charge in [-0.1, -0.05) is 60.7 Å². The van der Waals surface area contributed by atoms with Crippen molar-refractivity contribution in [1.82, 2.24) is 10.2 Å². The highest BCUT2D eigenvalue weighted by molar-refractivity contribution is 5.96. The molecule has 1 fully saturated rings. The summed E-state index contributed by atoms with van der Waals surface area (Å²) in [4.78, 5) is 38.5. The molecule has 1 aliphatic heterocycles. The summed E-state index contributed by atoms with van der Waals surface area (Å²) in [7, 11) is 1.30. The van der Waals surface area contributed by atoms with Crippen molar-refractivity contribution >= 4 is 23.6 Å². The normalized spacial score (nSPS) is 12.9. The number of urea groups is 1. The summed E-state index contributed by atoms with van der Waals surface area (Å²) in [5.41, 5.74) is 2.49. The number of nitrogens with one attached hydrogen (secondary N) is 2. The van der Waals surface area contributed by atoms with Crippen molar-refractivity contribution < 1.29 is 23.9 Å². The third kappa shape index (κ3) is 6.88. The Hall–Kier alpha value is -4.33. The second-order valence-corrected chi connectivity index (χ2v) is 8.74. The van der Waals surface area contributed by atoms with Gasteiger partial charge >= 0.3 is 12.0 Å². The highest BCUT2D eigenvalue weighted by atomic mass is 16.5. The fourth-order valence-electron chi connectivity index (χ4n) is 4.28. The van der Waals surface area contributed by atoms with Gasteiger partial charge in [-0.15, -0.1) is 0 Å². The smallest absolute Gasteiger partial charge is 0.341 e. The summed E-state index contributed by atoms with van der Waals surface area (Å²) >= 11 is 0. The van der Waals surface area contributed by atoms with Crippen LogP contribution in [0.25, 0.3) is 0 Å². The fraction of sp³-hybridized carbons (Fsp3) is 0.276. The largest absolute Gasteiger partial charge is 0.480 e. The molecule has 0 aromatic heterocycles. The highest BCUT2D eigenvalue weighted by Gasteiger charge is 2.22. The van der Waals surface area contributed by atoms with E-state index in [-0.39, 0.29) is 11.5 Å². The number of hydrogen-bond acceptors (Lipinski definition) is 5. The molecule has 2 N–H and O–H groups in total. The number of benzene rings is 3. The molecule has 0 radical (unpaired) electrons. The average Bonchev–Trinajstić information content (AvgIpc) is 3.35. The van der Waals surface area contributed by atoms with Gasteiger partial charge in [0, 0.05) is 31.7 Å². The first-order valence-electron chi connectivity index (χ1n) is 12.4. The summed E-state index contributed by atoms with van der Waals surface area (Å²) in [5, 5.41) is 5.54. The van der Waals surface area contributed by atoms with Crippen LogP contribution in [0.2, 0.25) is 0 Å². The molecule has 3 amide bonds. The van der Waals surface area contributed by atoms with Crippen LogP contribution in [0.15, 0.2) is 78.9 Å². The second-order valence-electron chi connectivity index (χ2n) is 8.74. The Labute approximate surface area is 216 Å². The van der Waals surface area contributed by atoms with Crippen molar-refractivity contribution in [3.8, 4) is 5.75 Å². The highest BCUT2D eigenvalue weighted by Crippen LogP contribution is 2.32. The number of methoxy groups -OCH3 is 1. The van der Waals surface area contributed by atoms with E-state index < -0.39 is 18.1 Å². The van der Waals surface area contributed by atoms with Crippen LogP contribution < -0.4 is 15.4 Å². The lowest BCUT2D eigenvalue weighted by Crippen LogP contribution is -2.33. The molecular weight excluding hydrogens is 470 g/mol. The zero-order valence-corrected chi connectivity index (χ0v) is 20.8. The van der Waals surface area contributed by atoms with Crippen molar-refractivity contribution in [1.29, 1.82) is 0 Å². The van der Waals surface area contributed by atoms with Gasteiger partial charge in [0.05, 0.1) is 7.11 Å². The van der Waals surface area contributed by atoms with Crippen molar-refractivity contribution in [3.63, 3.8) is 0 Å². The summed E-state index contributed by atoms with van der Waals surface area (Å²) in [6, 6.07) is 23.9. The summed E-state index contributed by atoms with van der Waals surface area (Å²) in [6.45, 7) is 1.84. The predicted octanol–water partition coefficient (Wildman–Crippen LogP) is 4.78. The number of esters is 1. The average molecular weight is 502 g/mol. The van der Waals surface area contributed by atoms with Crippen LogP contribution in [0.5, 0.6) is 5.75 Å². The van der Waals surface area contributed by atoms with Gasteiger partial charge in [-0.05, 0) is 42.2 Å². The van der Waals surface area contributed by atoms with E-state index in [9.17, 15) is 14.4 Å². The van der Waals surface area contributed by atoms with E-state index in [4.69, 9.17) is 9.47 Å². The zero-order chi connectivity index (χ0) is 26.0. The molecule has 0 aliphatic carbocycles. The maximum absolute atomic E-state index is 12.6. The first-order valence-corrected chi connectivity index (χ1v) is 12.4. The Morgan fingerprint density at radius 3 is 2.24 bits per heavy atom. The number of amides is 3. The van der Waals surface area contributed by atoms with E-state index in [1.54, 1.807) is 12.1 Å². The molecule has 3 aromatic rings. The van der Waals surface area contributed by atoms with Crippen LogP contribution in [-0.4, -0.2) is 49.6 Å². The second kappa shape index (κ2) is 12.6. The van der Waals surface area contributed by atoms with Gasteiger partial charge in [-0.25, -0.2) is 9.59 Å². The molecule has 4 rings (SSSR count). The molecule has 8 heteroatoms. The predicted molar refractivity (Wildman–Crippen MR) is 141 cm³/mol. The van der Waals surface area contributed by atoms with Crippen LogP contribution in [0.4, 0.5) is 10.5 Å². The summed E-state index contributed by atoms with van der Waals surface area (Å²) < 4.78 is 11.4. The Bertz CT molecular complexity index is 1180. The Morgan fingerprint density at radius 2 is 1.65 bits per heavy atom. The summed E-state index contributed by atoms with van der Waals surface area (Å²) in [6.07, 6.45) is 1.72. The molecule has 0 spiro atoms. The number of ether oxygens (including phenoxy) is 2. The maximum atomic E-state index is 12.6. The number of rotatable bonds is 10. The lowest BCUT2D eigenvalue weighted by molar-refractivity contribution is -0.127. The SMILES string of the molecule is COC(=O)c1cc(NC(=O)NCCCN2CCCC2=O)ccc1OC(c1ccccc1)c1ccccc1. The van der Waals surface area contributed by atoms with Gasteiger partial charge < -0.3 is 25.0 Å². The van der Waals surface area contributed by atoms with Gasteiger partial charge in [0.2, 0.25) is 5.91 Å². The molecule has 1 heterocycles. The summed E-state index contributed by atoms with van der Waals surface area (Å²) in [5.74, 6) is -0.0659. The number of anilines is 1. The van der Waals surface area contributed by atoms with Gasteiger partial charge in [0.15, 0.2) is 0 Å². The van der Waals surface area contributed by atoms with Gasteiger partial charge in [0.1, 0.15) is 17.4 Å². The number of carbonyl (C=O) groups excluding carboxylic acids is 3. The molecule has 0 atom stereocenters. The van der Waals surface area contributed by atoms with Crippen LogP contribution in [-0.2, 0) is 9.53 Å². The molecule has 192 valence electrons. The minimum absolute atomic E-state index is 0.170. The standard InChI is InChI=1S/C29H31N3O5/c1-36-28(34)24-20-23(31-29(35)30-17-9-19-32-18-8-14-26(32)33)15-16-25(24)37-27(21-10-4-2-5-11-21)22-12-6-3-7-13-22/h2-7,10-13,15-16,20,27H,8-9,14,17-19H2,1H3,(H2,30,31,35).